The first kappa shape index (κ1) is 13.5. The van der Waals surface area contributed by atoms with Gasteiger partial charge in [0.2, 0.25) is 5.91 Å². The molecule has 1 aliphatic rings. The van der Waals surface area contributed by atoms with Gasteiger partial charge in [0.1, 0.15) is 0 Å². The highest BCUT2D eigenvalue weighted by Gasteiger charge is 2.26. The van der Waals surface area contributed by atoms with E-state index in [4.69, 9.17) is 5.11 Å². The molecule has 0 atom stereocenters. The van der Waals surface area contributed by atoms with Crippen molar-refractivity contribution in [1.29, 1.82) is 0 Å². The summed E-state index contributed by atoms with van der Waals surface area (Å²) in [5.41, 5.74) is 0. The molecule has 0 radical (unpaired) electrons. The monoisotopic (exact) mass is 227 g/mol. The van der Waals surface area contributed by atoms with Gasteiger partial charge < -0.3 is 10.0 Å². The van der Waals surface area contributed by atoms with Crippen LogP contribution in [-0.4, -0.2) is 35.6 Å². The van der Waals surface area contributed by atoms with Gasteiger partial charge in [0.25, 0.3) is 0 Å². The van der Waals surface area contributed by atoms with Crippen molar-refractivity contribution in [1.82, 2.24) is 4.90 Å². The molecule has 3 heteroatoms. The molecule has 0 aliphatic heterocycles. The summed E-state index contributed by atoms with van der Waals surface area (Å²) < 4.78 is 0. The SMILES string of the molecule is CC(C)CC(=O)N(C)C1CCC(CO)CC1. The molecule has 3 nitrogen and oxygen atoms in total. The molecule has 16 heavy (non-hydrogen) atoms. The Balaban J connectivity index is 2.37. The van der Waals surface area contributed by atoms with Gasteiger partial charge in [-0.25, -0.2) is 0 Å². The average Bonchev–Trinajstić information content (AvgIpc) is 2.27. The highest BCUT2D eigenvalue weighted by atomic mass is 16.3. The molecule has 0 unspecified atom stereocenters. The van der Waals surface area contributed by atoms with Gasteiger partial charge >= 0.3 is 0 Å². The van der Waals surface area contributed by atoms with E-state index in [1.807, 2.05) is 11.9 Å². The summed E-state index contributed by atoms with van der Waals surface area (Å²) >= 11 is 0. The molecule has 1 fully saturated rings. The number of rotatable bonds is 4. The number of carbonyl (C=O) groups excluding carboxylic acids is 1. The van der Waals surface area contributed by atoms with Crippen molar-refractivity contribution in [2.45, 2.75) is 52.0 Å². The van der Waals surface area contributed by atoms with Crippen LogP contribution in [0.5, 0.6) is 0 Å². The minimum atomic E-state index is 0.266. The number of amides is 1. The van der Waals surface area contributed by atoms with E-state index < -0.39 is 0 Å². The maximum atomic E-state index is 11.9. The lowest BCUT2D eigenvalue weighted by Gasteiger charge is -2.34. The van der Waals surface area contributed by atoms with Gasteiger partial charge in [0.15, 0.2) is 0 Å². The zero-order chi connectivity index (χ0) is 12.1. The van der Waals surface area contributed by atoms with Gasteiger partial charge in [-0.05, 0) is 37.5 Å². The van der Waals surface area contributed by atoms with E-state index in [2.05, 4.69) is 13.8 Å². The van der Waals surface area contributed by atoms with E-state index >= 15 is 0 Å². The molecule has 1 saturated carbocycles. The van der Waals surface area contributed by atoms with Gasteiger partial charge in [-0.2, -0.15) is 0 Å². The lowest BCUT2D eigenvalue weighted by atomic mass is 9.86. The van der Waals surface area contributed by atoms with Crippen LogP contribution in [-0.2, 0) is 4.79 Å². The average molecular weight is 227 g/mol. The number of hydrogen-bond donors (Lipinski definition) is 1. The minimum absolute atomic E-state index is 0.266. The molecule has 0 aromatic rings. The molecule has 1 rings (SSSR count). The fourth-order valence-electron chi connectivity index (χ4n) is 2.41. The van der Waals surface area contributed by atoms with Crippen LogP contribution in [0.15, 0.2) is 0 Å². The van der Waals surface area contributed by atoms with Crippen molar-refractivity contribution in [3.63, 3.8) is 0 Å². The third kappa shape index (κ3) is 3.78. The fourth-order valence-corrected chi connectivity index (χ4v) is 2.41. The Labute approximate surface area is 98.8 Å². The molecule has 0 aromatic heterocycles. The number of hydrogen-bond acceptors (Lipinski definition) is 2. The molecule has 94 valence electrons. The number of aliphatic hydroxyl groups excluding tert-OH is 1. The first-order chi connectivity index (χ1) is 7.54. The molecule has 0 heterocycles. The second kappa shape index (κ2) is 6.24. The summed E-state index contributed by atoms with van der Waals surface area (Å²) in [4.78, 5) is 13.8. The van der Waals surface area contributed by atoms with Gasteiger partial charge in [0, 0.05) is 26.1 Å². The van der Waals surface area contributed by atoms with E-state index in [1.165, 1.54) is 0 Å². The molecule has 0 bridgehead atoms. The predicted molar refractivity (Wildman–Crippen MR) is 65.1 cm³/mol. The van der Waals surface area contributed by atoms with Gasteiger partial charge in [-0.15, -0.1) is 0 Å². The highest BCUT2D eigenvalue weighted by molar-refractivity contribution is 5.76. The first-order valence-electron chi connectivity index (χ1n) is 6.41. The fraction of sp³-hybridized carbons (Fsp3) is 0.923. The largest absolute Gasteiger partial charge is 0.396 e. The van der Waals surface area contributed by atoms with Crippen LogP contribution in [0.25, 0.3) is 0 Å². The van der Waals surface area contributed by atoms with Crippen molar-refractivity contribution in [3.8, 4) is 0 Å². The van der Waals surface area contributed by atoms with E-state index in [1.54, 1.807) is 0 Å². The van der Waals surface area contributed by atoms with Crippen molar-refractivity contribution < 1.29 is 9.90 Å². The summed E-state index contributed by atoms with van der Waals surface area (Å²) in [7, 11) is 1.93. The second-order valence-electron chi connectivity index (χ2n) is 5.46. The Morgan fingerprint density at radius 1 is 1.31 bits per heavy atom. The third-order valence-corrected chi connectivity index (χ3v) is 3.60. The molecule has 0 spiro atoms. The standard InChI is InChI=1S/C13H25NO2/c1-10(2)8-13(16)14(3)12-6-4-11(9-15)5-7-12/h10-12,15H,4-9H2,1-3H3. The molecular formula is C13H25NO2. The lowest BCUT2D eigenvalue weighted by Crippen LogP contribution is -2.40. The predicted octanol–water partition coefficient (Wildman–Crippen LogP) is 2.04. The van der Waals surface area contributed by atoms with Crippen molar-refractivity contribution in [2.75, 3.05) is 13.7 Å². The Bertz CT molecular complexity index is 220. The molecule has 0 saturated heterocycles. The van der Waals surface area contributed by atoms with Gasteiger partial charge in [0.05, 0.1) is 0 Å². The summed E-state index contributed by atoms with van der Waals surface area (Å²) in [5.74, 6) is 1.16. The Hall–Kier alpha value is -0.570. The van der Waals surface area contributed by atoms with Gasteiger partial charge in [-0.1, -0.05) is 13.8 Å². The zero-order valence-corrected chi connectivity index (χ0v) is 10.8. The third-order valence-electron chi connectivity index (χ3n) is 3.60. The van der Waals surface area contributed by atoms with Crippen LogP contribution in [0.2, 0.25) is 0 Å². The zero-order valence-electron chi connectivity index (χ0n) is 10.8. The Morgan fingerprint density at radius 2 is 1.88 bits per heavy atom. The van der Waals surface area contributed by atoms with E-state index in [0.29, 0.717) is 30.9 Å². The molecule has 1 aliphatic carbocycles. The maximum Gasteiger partial charge on any atom is 0.222 e. The normalized spacial score (nSPS) is 25.8. The number of aliphatic hydroxyl groups is 1. The number of carbonyl (C=O) groups is 1. The van der Waals surface area contributed by atoms with Crippen LogP contribution < -0.4 is 0 Å². The van der Waals surface area contributed by atoms with Crippen LogP contribution in [0, 0.1) is 11.8 Å². The van der Waals surface area contributed by atoms with Crippen LogP contribution in [0.1, 0.15) is 46.0 Å². The first-order valence-corrected chi connectivity index (χ1v) is 6.41. The summed E-state index contributed by atoms with van der Waals surface area (Å²) in [6.07, 6.45) is 4.86. The van der Waals surface area contributed by atoms with Crippen molar-refractivity contribution >= 4 is 5.91 Å². The summed E-state index contributed by atoms with van der Waals surface area (Å²) in [5, 5.41) is 9.06. The molecule has 1 amide bonds. The van der Waals surface area contributed by atoms with Crippen LogP contribution in [0.4, 0.5) is 0 Å². The smallest absolute Gasteiger partial charge is 0.222 e. The topological polar surface area (TPSA) is 40.5 Å². The van der Waals surface area contributed by atoms with Gasteiger partial charge in [-0.3, -0.25) is 4.79 Å². The second-order valence-corrected chi connectivity index (χ2v) is 5.46. The van der Waals surface area contributed by atoms with E-state index in [-0.39, 0.29) is 5.91 Å². The summed E-state index contributed by atoms with van der Waals surface area (Å²) in [6.45, 7) is 4.46. The van der Waals surface area contributed by atoms with Crippen molar-refractivity contribution in [3.05, 3.63) is 0 Å². The lowest BCUT2D eigenvalue weighted by molar-refractivity contribution is -0.133. The van der Waals surface area contributed by atoms with Crippen LogP contribution >= 0.6 is 0 Å². The van der Waals surface area contributed by atoms with Crippen molar-refractivity contribution in [2.24, 2.45) is 11.8 Å². The Morgan fingerprint density at radius 3 is 2.31 bits per heavy atom. The highest BCUT2D eigenvalue weighted by Crippen LogP contribution is 2.27. The minimum Gasteiger partial charge on any atom is -0.396 e. The van der Waals surface area contributed by atoms with E-state index in [9.17, 15) is 4.79 Å². The van der Waals surface area contributed by atoms with E-state index in [0.717, 1.165) is 25.7 Å². The Kier molecular flexibility index (Phi) is 5.26. The summed E-state index contributed by atoms with van der Waals surface area (Å²) in [6, 6.07) is 0.397. The quantitative estimate of drug-likeness (QED) is 0.798. The maximum absolute atomic E-state index is 11.9. The van der Waals surface area contributed by atoms with Crippen LogP contribution in [0.3, 0.4) is 0 Å². The number of nitrogens with zero attached hydrogens (tertiary/aromatic N) is 1. The molecule has 0 aromatic carbocycles. The molecule has 1 N–H and O–H groups in total. The molecular weight excluding hydrogens is 202 g/mol.